The molecule has 2 aromatic carbocycles. The summed E-state index contributed by atoms with van der Waals surface area (Å²) >= 11 is 0. The minimum Gasteiger partial charge on any atom is -0.328 e. The second-order valence-electron chi connectivity index (χ2n) is 8.70. The van der Waals surface area contributed by atoms with Crippen LogP contribution in [0.2, 0.25) is 0 Å². The Morgan fingerprint density at radius 1 is 1.03 bits per heavy atom. The minimum atomic E-state index is -0.311. The van der Waals surface area contributed by atoms with Crippen molar-refractivity contribution in [2.45, 2.75) is 45.6 Å². The Balaban J connectivity index is 1.38. The fourth-order valence-corrected chi connectivity index (χ4v) is 4.44. The third-order valence-electron chi connectivity index (χ3n) is 6.07. The normalized spacial score (nSPS) is 13.2. The van der Waals surface area contributed by atoms with E-state index in [1.807, 2.05) is 44.3 Å². The maximum Gasteiger partial charge on any atom is 0.259 e. The van der Waals surface area contributed by atoms with Gasteiger partial charge in [-0.15, -0.1) is 0 Å². The molecule has 0 spiro atoms. The average Bonchev–Trinajstić information content (AvgIpc) is 3.45. The van der Waals surface area contributed by atoms with Crippen LogP contribution in [-0.4, -0.2) is 25.2 Å². The van der Waals surface area contributed by atoms with E-state index in [1.54, 1.807) is 23.0 Å². The maximum absolute atomic E-state index is 13.3. The van der Waals surface area contributed by atoms with Crippen molar-refractivity contribution in [3.05, 3.63) is 83.7 Å². The van der Waals surface area contributed by atoms with Crippen molar-refractivity contribution < 1.29 is 9.18 Å². The van der Waals surface area contributed by atoms with Gasteiger partial charge >= 0.3 is 0 Å². The number of benzene rings is 2. The highest BCUT2D eigenvalue weighted by Gasteiger charge is 2.21. The summed E-state index contributed by atoms with van der Waals surface area (Å²) in [6.45, 7) is 5.01. The molecule has 0 fully saturated rings. The number of anilines is 1. The van der Waals surface area contributed by atoms with Crippen LogP contribution in [0.15, 0.2) is 60.9 Å². The lowest BCUT2D eigenvalue weighted by atomic mass is 10.0. The zero-order valence-corrected chi connectivity index (χ0v) is 18.8. The number of nitrogens with one attached hydrogen (secondary N) is 1. The number of fused-ring (bicyclic) bond motifs is 1. The fraction of sp³-hybridized carbons (Fsp3) is 0.269. The number of nitrogens with zero attached hydrogens (tertiary/aromatic N) is 4. The second kappa shape index (κ2) is 8.65. The van der Waals surface area contributed by atoms with Gasteiger partial charge in [-0.2, -0.15) is 5.10 Å². The van der Waals surface area contributed by atoms with Gasteiger partial charge in [0.15, 0.2) is 0 Å². The molecule has 4 aromatic rings. The summed E-state index contributed by atoms with van der Waals surface area (Å²) in [6.07, 6.45) is 7.00. The number of imidazole rings is 1. The van der Waals surface area contributed by atoms with E-state index < -0.39 is 0 Å². The van der Waals surface area contributed by atoms with Crippen LogP contribution in [0.3, 0.4) is 0 Å². The number of halogens is 1. The van der Waals surface area contributed by atoms with E-state index in [4.69, 9.17) is 0 Å². The molecule has 3 heterocycles. The molecule has 168 valence electrons. The molecule has 1 aliphatic heterocycles. The molecule has 1 aliphatic rings. The molecule has 33 heavy (non-hydrogen) atoms. The van der Waals surface area contributed by atoms with Crippen LogP contribution in [0.1, 0.15) is 54.4 Å². The molecule has 1 amide bonds. The molecule has 1 N–H and O–H groups in total. The van der Waals surface area contributed by atoms with Gasteiger partial charge in [0.25, 0.3) is 5.91 Å². The highest BCUT2D eigenvalue weighted by molar-refractivity contribution is 6.05. The lowest BCUT2D eigenvalue weighted by Crippen LogP contribution is -2.15. The molecule has 0 radical (unpaired) electrons. The molecule has 5 rings (SSSR count). The standard InChI is InChI=1S/C26H26FN5O/c1-17(2)24-23(16-29-32(24)21-12-8-19(27)9-13-21)26(33)30-20-10-6-18(7-11-20)25-28-15-22-5-3-4-14-31(22)25/h6-13,15-17H,3-5,14H2,1-2H3,(H,30,33). The number of hydrogen-bond donors (Lipinski definition) is 1. The van der Waals surface area contributed by atoms with Crippen LogP contribution in [0, 0.1) is 5.82 Å². The first kappa shape index (κ1) is 21.1. The van der Waals surface area contributed by atoms with Gasteiger partial charge in [0.1, 0.15) is 11.6 Å². The second-order valence-corrected chi connectivity index (χ2v) is 8.70. The Hall–Kier alpha value is -3.74. The molecule has 6 nitrogen and oxygen atoms in total. The molecule has 0 saturated heterocycles. The lowest BCUT2D eigenvalue weighted by Gasteiger charge is -2.16. The number of hydrogen-bond acceptors (Lipinski definition) is 3. The largest absolute Gasteiger partial charge is 0.328 e. The molecule has 0 bridgehead atoms. The molecule has 7 heteroatoms. The Morgan fingerprint density at radius 2 is 1.79 bits per heavy atom. The van der Waals surface area contributed by atoms with Crippen molar-refractivity contribution in [1.29, 1.82) is 0 Å². The highest BCUT2D eigenvalue weighted by Crippen LogP contribution is 2.27. The van der Waals surface area contributed by atoms with Crippen LogP contribution >= 0.6 is 0 Å². The van der Waals surface area contributed by atoms with Gasteiger partial charge in [-0.25, -0.2) is 14.1 Å². The Kier molecular flexibility index (Phi) is 5.54. The molecule has 0 saturated carbocycles. The summed E-state index contributed by atoms with van der Waals surface area (Å²) in [5, 5.41) is 7.39. The van der Waals surface area contributed by atoms with Crippen LogP contribution in [-0.2, 0) is 13.0 Å². The number of amides is 1. The predicted molar refractivity (Wildman–Crippen MR) is 126 cm³/mol. The first-order valence-electron chi connectivity index (χ1n) is 11.3. The summed E-state index contributed by atoms with van der Waals surface area (Å²) in [5.41, 5.74) is 5.02. The number of aryl methyl sites for hydroxylation is 1. The summed E-state index contributed by atoms with van der Waals surface area (Å²) in [4.78, 5) is 17.7. The van der Waals surface area contributed by atoms with E-state index in [2.05, 4.69) is 20.0 Å². The van der Waals surface area contributed by atoms with Gasteiger partial charge in [0, 0.05) is 29.7 Å². The minimum absolute atomic E-state index is 0.0484. The van der Waals surface area contributed by atoms with Crippen molar-refractivity contribution in [3.63, 3.8) is 0 Å². The van der Waals surface area contributed by atoms with Gasteiger partial charge in [-0.1, -0.05) is 13.8 Å². The smallest absolute Gasteiger partial charge is 0.259 e. The van der Waals surface area contributed by atoms with Crippen LogP contribution in [0.25, 0.3) is 17.1 Å². The monoisotopic (exact) mass is 443 g/mol. The van der Waals surface area contributed by atoms with Gasteiger partial charge in [-0.05, 0) is 73.7 Å². The Labute approximate surface area is 192 Å². The number of rotatable bonds is 5. The van der Waals surface area contributed by atoms with Gasteiger partial charge in [-0.3, -0.25) is 4.79 Å². The summed E-state index contributed by atoms with van der Waals surface area (Å²) in [6, 6.07) is 13.9. The van der Waals surface area contributed by atoms with Crippen molar-refractivity contribution in [3.8, 4) is 17.1 Å². The third-order valence-corrected chi connectivity index (χ3v) is 6.07. The van der Waals surface area contributed by atoms with Gasteiger partial charge in [0.2, 0.25) is 0 Å². The molecule has 2 aromatic heterocycles. The number of aromatic nitrogens is 4. The Morgan fingerprint density at radius 3 is 2.52 bits per heavy atom. The molecule has 0 unspecified atom stereocenters. The lowest BCUT2D eigenvalue weighted by molar-refractivity contribution is 0.102. The summed E-state index contributed by atoms with van der Waals surface area (Å²) < 4.78 is 17.3. The fourth-order valence-electron chi connectivity index (χ4n) is 4.44. The Bertz CT molecular complexity index is 1290. The summed E-state index contributed by atoms with van der Waals surface area (Å²) in [7, 11) is 0. The van der Waals surface area contributed by atoms with Crippen molar-refractivity contribution >= 4 is 11.6 Å². The van der Waals surface area contributed by atoms with Crippen molar-refractivity contribution in [2.24, 2.45) is 0 Å². The quantitative estimate of drug-likeness (QED) is 0.437. The topological polar surface area (TPSA) is 64.7 Å². The van der Waals surface area contributed by atoms with E-state index in [0.29, 0.717) is 16.9 Å². The van der Waals surface area contributed by atoms with Crippen molar-refractivity contribution in [1.82, 2.24) is 19.3 Å². The molecular formula is C26H26FN5O. The van der Waals surface area contributed by atoms with Crippen LogP contribution < -0.4 is 5.32 Å². The van der Waals surface area contributed by atoms with E-state index >= 15 is 0 Å². The van der Waals surface area contributed by atoms with E-state index in [9.17, 15) is 9.18 Å². The van der Waals surface area contributed by atoms with Gasteiger partial charge in [0.05, 0.1) is 23.1 Å². The van der Waals surface area contributed by atoms with E-state index in [1.165, 1.54) is 30.7 Å². The first-order valence-corrected chi connectivity index (χ1v) is 11.3. The molecule has 0 aliphatic carbocycles. The zero-order valence-electron chi connectivity index (χ0n) is 18.8. The SMILES string of the molecule is CC(C)c1c(C(=O)Nc2ccc(-c3ncc4n3CCCC4)cc2)cnn1-c1ccc(F)cc1. The predicted octanol–water partition coefficient (Wildman–Crippen LogP) is 5.59. The molecule has 0 atom stereocenters. The number of carbonyl (C=O) groups excluding carboxylic acids is 1. The van der Waals surface area contributed by atoms with Gasteiger partial charge < -0.3 is 9.88 Å². The first-order chi connectivity index (χ1) is 16.0. The maximum atomic E-state index is 13.3. The zero-order chi connectivity index (χ0) is 22.9. The molecular weight excluding hydrogens is 417 g/mol. The van der Waals surface area contributed by atoms with E-state index in [0.717, 1.165) is 30.0 Å². The summed E-state index contributed by atoms with van der Waals surface area (Å²) in [5.74, 6) is 0.491. The highest BCUT2D eigenvalue weighted by atomic mass is 19.1. The van der Waals surface area contributed by atoms with Crippen LogP contribution in [0.5, 0.6) is 0 Å². The average molecular weight is 444 g/mol. The van der Waals surface area contributed by atoms with Crippen molar-refractivity contribution in [2.75, 3.05) is 5.32 Å². The van der Waals surface area contributed by atoms with Crippen LogP contribution in [0.4, 0.5) is 10.1 Å². The van der Waals surface area contributed by atoms with E-state index in [-0.39, 0.29) is 17.6 Å². The number of carbonyl (C=O) groups is 1. The third kappa shape index (κ3) is 4.06.